The smallest absolute Gasteiger partial charge is 0.0897 e. The Kier molecular flexibility index (Phi) is 4.84. The minimum atomic E-state index is 0.829. The van der Waals surface area contributed by atoms with Crippen molar-refractivity contribution in [1.29, 1.82) is 0 Å². The molecule has 0 atom stereocenters. The average Bonchev–Trinajstić information content (AvgIpc) is 2.71. The van der Waals surface area contributed by atoms with Gasteiger partial charge >= 0.3 is 0 Å². The lowest BCUT2D eigenvalue weighted by atomic mass is 10.0. The van der Waals surface area contributed by atoms with Crippen molar-refractivity contribution in [2.45, 2.75) is 6.42 Å². The zero-order valence-corrected chi connectivity index (χ0v) is 15.6. The van der Waals surface area contributed by atoms with Gasteiger partial charge in [0.05, 0.1) is 22.8 Å². The fourth-order valence-electron chi connectivity index (χ4n) is 2.82. The van der Waals surface area contributed by atoms with E-state index in [9.17, 15) is 0 Å². The topological polar surface area (TPSA) is 38.7 Å². The number of aromatic nitrogens is 3. The number of hydrogen-bond donors (Lipinski definition) is 0. The summed E-state index contributed by atoms with van der Waals surface area (Å²) < 4.78 is 1.08. The van der Waals surface area contributed by atoms with E-state index >= 15 is 0 Å². The number of hydrogen-bond acceptors (Lipinski definition) is 3. The van der Waals surface area contributed by atoms with Gasteiger partial charge < -0.3 is 0 Å². The van der Waals surface area contributed by atoms with E-state index in [2.05, 4.69) is 62.3 Å². The molecule has 0 aliphatic carbocycles. The molecule has 0 N–H and O–H groups in total. The third kappa shape index (κ3) is 3.86. The Morgan fingerprint density at radius 2 is 1.19 bits per heavy atom. The van der Waals surface area contributed by atoms with Crippen LogP contribution in [0.2, 0.25) is 0 Å². The molecule has 0 spiro atoms. The first-order valence-corrected chi connectivity index (χ1v) is 9.15. The molecule has 3 nitrogen and oxygen atoms in total. The summed E-state index contributed by atoms with van der Waals surface area (Å²) in [6.07, 6.45) is 4.41. The molecule has 4 aromatic rings. The summed E-state index contributed by atoms with van der Waals surface area (Å²) in [7, 11) is 0. The number of nitrogens with zero attached hydrogens (tertiary/aromatic N) is 3. The Balaban J connectivity index is 1.78. The number of benzene rings is 1. The Morgan fingerprint density at radius 3 is 1.69 bits per heavy atom. The van der Waals surface area contributed by atoms with Crippen molar-refractivity contribution in [3.05, 3.63) is 101 Å². The molecule has 126 valence electrons. The maximum Gasteiger partial charge on any atom is 0.0897 e. The molecule has 26 heavy (non-hydrogen) atoms. The summed E-state index contributed by atoms with van der Waals surface area (Å²) in [4.78, 5) is 13.7. The number of halogens is 1. The second-order valence-electron chi connectivity index (χ2n) is 5.98. The molecule has 0 aliphatic heterocycles. The van der Waals surface area contributed by atoms with Crippen LogP contribution in [0.25, 0.3) is 22.8 Å². The third-order valence-corrected chi connectivity index (χ3v) is 4.59. The van der Waals surface area contributed by atoms with E-state index in [0.717, 1.165) is 33.7 Å². The van der Waals surface area contributed by atoms with Crippen LogP contribution in [0, 0.1) is 0 Å². The van der Waals surface area contributed by atoms with Gasteiger partial charge in [-0.1, -0.05) is 40.2 Å². The predicted octanol–water partition coefficient (Wildman–Crippen LogP) is 5.56. The van der Waals surface area contributed by atoms with Crippen molar-refractivity contribution in [3.63, 3.8) is 0 Å². The van der Waals surface area contributed by atoms with Crippen LogP contribution in [0.1, 0.15) is 11.1 Å². The van der Waals surface area contributed by atoms with Crippen molar-refractivity contribution in [1.82, 2.24) is 15.0 Å². The summed E-state index contributed by atoms with van der Waals surface area (Å²) in [5, 5.41) is 0. The Morgan fingerprint density at radius 1 is 0.615 bits per heavy atom. The molecule has 0 bridgehead atoms. The second kappa shape index (κ2) is 7.58. The first-order chi connectivity index (χ1) is 12.8. The Labute approximate surface area is 160 Å². The standard InChI is InChI=1S/C22H16BrN3/c23-18-9-7-16(8-10-18)13-17-14-21(19-5-1-3-11-24-19)26-22(15-17)20-6-2-4-12-25-20/h1-12,14-15H,13H2. The summed E-state index contributed by atoms with van der Waals surface area (Å²) in [5.41, 5.74) is 5.88. The van der Waals surface area contributed by atoms with Gasteiger partial charge in [0.15, 0.2) is 0 Å². The Bertz CT molecular complexity index is 943. The van der Waals surface area contributed by atoms with Crippen LogP contribution in [0.15, 0.2) is 89.7 Å². The molecular formula is C22H16BrN3. The summed E-state index contributed by atoms with van der Waals surface area (Å²) in [6, 6.07) is 24.3. The third-order valence-electron chi connectivity index (χ3n) is 4.06. The van der Waals surface area contributed by atoms with Gasteiger partial charge in [-0.25, -0.2) is 4.98 Å². The van der Waals surface area contributed by atoms with E-state index < -0.39 is 0 Å². The molecule has 0 radical (unpaired) electrons. The van der Waals surface area contributed by atoms with Crippen molar-refractivity contribution in [3.8, 4) is 22.8 Å². The molecule has 0 amide bonds. The van der Waals surface area contributed by atoms with Gasteiger partial charge in [-0.3, -0.25) is 9.97 Å². The first-order valence-electron chi connectivity index (χ1n) is 8.36. The second-order valence-corrected chi connectivity index (χ2v) is 6.89. The Hall–Kier alpha value is -2.85. The lowest BCUT2D eigenvalue weighted by Gasteiger charge is -2.09. The zero-order valence-electron chi connectivity index (χ0n) is 14.0. The van der Waals surface area contributed by atoms with Crippen molar-refractivity contribution < 1.29 is 0 Å². The lowest BCUT2D eigenvalue weighted by Crippen LogP contribution is -1.96. The molecule has 0 unspecified atom stereocenters. The molecule has 4 heteroatoms. The molecular weight excluding hydrogens is 386 g/mol. The minimum absolute atomic E-state index is 0.829. The highest BCUT2D eigenvalue weighted by Crippen LogP contribution is 2.24. The highest BCUT2D eigenvalue weighted by molar-refractivity contribution is 9.10. The SMILES string of the molecule is Brc1ccc(Cc2cc(-c3ccccn3)nc(-c3ccccn3)c2)cc1. The summed E-state index contributed by atoms with van der Waals surface area (Å²) >= 11 is 3.49. The number of pyridine rings is 3. The van der Waals surface area contributed by atoms with Gasteiger partial charge in [0.2, 0.25) is 0 Å². The van der Waals surface area contributed by atoms with Gasteiger partial charge in [0.1, 0.15) is 0 Å². The molecule has 3 heterocycles. The van der Waals surface area contributed by atoms with E-state index in [1.54, 1.807) is 12.4 Å². The normalized spacial score (nSPS) is 10.7. The monoisotopic (exact) mass is 401 g/mol. The van der Waals surface area contributed by atoms with E-state index in [4.69, 9.17) is 4.98 Å². The average molecular weight is 402 g/mol. The maximum absolute atomic E-state index is 4.80. The van der Waals surface area contributed by atoms with Gasteiger partial charge in [0, 0.05) is 16.9 Å². The highest BCUT2D eigenvalue weighted by atomic mass is 79.9. The van der Waals surface area contributed by atoms with Gasteiger partial charge in [-0.2, -0.15) is 0 Å². The van der Waals surface area contributed by atoms with Crippen LogP contribution >= 0.6 is 15.9 Å². The molecule has 1 aromatic carbocycles. The quantitative estimate of drug-likeness (QED) is 0.449. The van der Waals surface area contributed by atoms with Gasteiger partial charge in [-0.05, 0) is 66.1 Å². The minimum Gasteiger partial charge on any atom is -0.255 e. The predicted molar refractivity (Wildman–Crippen MR) is 108 cm³/mol. The van der Waals surface area contributed by atoms with Crippen LogP contribution < -0.4 is 0 Å². The van der Waals surface area contributed by atoms with Crippen LogP contribution in [0.3, 0.4) is 0 Å². The maximum atomic E-state index is 4.80. The molecule has 0 saturated heterocycles. The van der Waals surface area contributed by atoms with Crippen LogP contribution in [-0.2, 0) is 6.42 Å². The van der Waals surface area contributed by atoms with Crippen LogP contribution in [0.4, 0.5) is 0 Å². The van der Waals surface area contributed by atoms with E-state index in [1.165, 1.54) is 11.1 Å². The molecule has 0 aliphatic rings. The van der Waals surface area contributed by atoms with E-state index in [-0.39, 0.29) is 0 Å². The van der Waals surface area contributed by atoms with Crippen molar-refractivity contribution in [2.75, 3.05) is 0 Å². The zero-order chi connectivity index (χ0) is 17.8. The fourth-order valence-corrected chi connectivity index (χ4v) is 3.08. The number of rotatable bonds is 4. The van der Waals surface area contributed by atoms with Crippen molar-refractivity contribution in [2.24, 2.45) is 0 Å². The molecule has 0 fully saturated rings. The fraction of sp³-hybridized carbons (Fsp3) is 0.0455. The molecule has 4 rings (SSSR count). The van der Waals surface area contributed by atoms with Crippen molar-refractivity contribution >= 4 is 15.9 Å². The van der Waals surface area contributed by atoms with Gasteiger partial charge in [0.25, 0.3) is 0 Å². The lowest BCUT2D eigenvalue weighted by molar-refractivity contribution is 1.14. The summed E-state index contributed by atoms with van der Waals surface area (Å²) in [6.45, 7) is 0. The largest absolute Gasteiger partial charge is 0.255 e. The van der Waals surface area contributed by atoms with Gasteiger partial charge in [-0.15, -0.1) is 0 Å². The van der Waals surface area contributed by atoms with Crippen LogP contribution in [0.5, 0.6) is 0 Å². The van der Waals surface area contributed by atoms with E-state index in [1.807, 2.05) is 36.4 Å². The summed E-state index contributed by atoms with van der Waals surface area (Å²) in [5.74, 6) is 0. The highest BCUT2D eigenvalue weighted by Gasteiger charge is 2.09. The van der Waals surface area contributed by atoms with Crippen LogP contribution in [-0.4, -0.2) is 15.0 Å². The molecule has 0 saturated carbocycles. The van der Waals surface area contributed by atoms with E-state index in [0.29, 0.717) is 0 Å². The molecule has 3 aromatic heterocycles. The first kappa shape index (κ1) is 16.6.